The molecule has 5 heterocycles. The third-order valence-electron chi connectivity index (χ3n) is 6.33. The molecule has 0 aliphatic carbocycles. The molecule has 38 heavy (non-hydrogen) atoms. The number of benzene rings is 1. The van der Waals surface area contributed by atoms with E-state index in [4.69, 9.17) is 0 Å². The topological polar surface area (TPSA) is 130 Å². The number of aromatic amines is 2. The van der Waals surface area contributed by atoms with Crippen molar-refractivity contribution in [1.29, 1.82) is 0 Å². The number of amides is 1. The van der Waals surface area contributed by atoms with Gasteiger partial charge in [-0.15, -0.1) is 0 Å². The van der Waals surface area contributed by atoms with Gasteiger partial charge in [0.05, 0.1) is 35.1 Å². The summed E-state index contributed by atoms with van der Waals surface area (Å²) < 4.78 is 17.1. The Balaban J connectivity index is 1.40. The Morgan fingerprint density at radius 1 is 1.18 bits per heavy atom. The van der Waals surface area contributed by atoms with E-state index in [1.807, 2.05) is 30.7 Å². The summed E-state index contributed by atoms with van der Waals surface area (Å²) in [7, 11) is 0. The fraction of sp³-hybridized carbons (Fsp3) is 0.185. The first-order valence-electron chi connectivity index (χ1n) is 12.3. The van der Waals surface area contributed by atoms with E-state index in [2.05, 4.69) is 40.4 Å². The third-order valence-corrected chi connectivity index (χ3v) is 6.33. The molecule has 10 nitrogen and oxygen atoms in total. The van der Waals surface area contributed by atoms with Gasteiger partial charge in [0.15, 0.2) is 11.5 Å². The van der Waals surface area contributed by atoms with Crippen LogP contribution in [0.15, 0.2) is 55.4 Å². The van der Waals surface area contributed by atoms with Crippen molar-refractivity contribution in [1.82, 2.24) is 39.7 Å². The second-order valence-electron chi connectivity index (χ2n) is 9.10. The Labute approximate surface area is 216 Å². The van der Waals surface area contributed by atoms with Crippen LogP contribution in [0.25, 0.3) is 50.4 Å². The van der Waals surface area contributed by atoms with Crippen molar-refractivity contribution in [2.75, 3.05) is 5.32 Å². The molecule has 0 unspecified atom stereocenters. The molecule has 0 atom stereocenters. The summed E-state index contributed by atoms with van der Waals surface area (Å²) in [6, 6.07) is 6.70. The number of hydrogen-bond donors (Lipinski definition) is 3. The van der Waals surface area contributed by atoms with E-state index < -0.39 is 5.82 Å². The van der Waals surface area contributed by atoms with E-state index in [-0.39, 0.29) is 5.91 Å². The lowest BCUT2D eigenvalue weighted by Gasteiger charge is -2.08. The molecule has 6 rings (SSSR count). The van der Waals surface area contributed by atoms with Crippen molar-refractivity contribution >= 4 is 33.7 Å². The maximum absolute atomic E-state index is 15.2. The number of fused-ring (bicyclic) bond motifs is 2. The molecule has 0 fully saturated rings. The summed E-state index contributed by atoms with van der Waals surface area (Å²) in [4.78, 5) is 33.1. The van der Waals surface area contributed by atoms with Crippen LogP contribution in [-0.2, 0) is 4.79 Å². The molecule has 0 spiro atoms. The molecule has 1 aromatic carbocycles. The zero-order valence-electron chi connectivity index (χ0n) is 20.8. The summed E-state index contributed by atoms with van der Waals surface area (Å²) in [5.41, 5.74) is 5.44. The summed E-state index contributed by atoms with van der Waals surface area (Å²) in [5.74, 6) is -0.0359. The molecule has 0 bridgehead atoms. The number of aromatic nitrogens is 8. The Hall–Kier alpha value is -4.93. The van der Waals surface area contributed by atoms with Gasteiger partial charge in [-0.25, -0.2) is 19.3 Å². The standard InChI is InChI=1S/C27H24FN9O/c1-3-4-5-23(38)32-17-8-16(11-29-12-17)18-9-19-21(10-20(18)28)35-36-24(19)27-33-25-22(6-7-30-26(25)34-27)37-13-15(2)31-14-37/h6-14H,3-5H2,1-2H3,(H,32,38)(H,35,36)(H,30,33,34). The first-order valence-corrected chi connectivity index (χ1v) is 12.3. The fourth-order valence-electron chi connectivity index (χ4n) is 4.43. The average molecular weight is 510 g/mol. The van der Waals surface area contributed by atoms with Crippen molar-refractivity contribution in [3.8, 4) is 28.3 Å². The van der Waals surface area contributed by atoms with Crippen molar-refractivity contribution < 1.29 is 9.18 Å². The van der Waals surface area contributed by atoms with Crippen molar-refractivity contribution in [3.63, 3.8) is 0 Å². The smallest absolute Gasteiger partial charge is 0.224 e. The highest BCUT2D eigenvalue weighted by Crippen LogP contribution is 2.33. The summed E-state index contributed by atoms with van der Waals surface area (Å²) in [6.45, 7) is 3.95. The number of rotatable bonds is 7. The number of carbonyl (C=O) groups excluding carboxylic acids is 1. The zero-order valence-corrected chi connectivity index (χ0v) is 20.8. The van der Waals surface area contributed by atoms with Crippen molar-refractivity contribution in [2.24, 2.45) is 0 Å². The maximum atomic E-state index is 15.2. The quantitative estimate of drug-likeness (QED) is 0.267. The van der Waals surface area contributed by atoms with E-state index in [1.165, 1.54) is 6.07 Å². The molecule has 1 amide bonds. The highest BCUT2D eigenvalue weighted by Gasteiger charge is 2.18. The van der Waals surface area contributed by atoms with E-state index in [9.17, 15) is 4.79 Å². The number of nitrogens with one attached hydrogen (secondary N) is 3. The maximum Gasteiger partial charge on any atom is 0.224 e. The van der Waals surface area contributed by atoms with E-state index in [0.29, 0.717) is 51.3 Å². The second-order valence-corrected chi connectivity index (χ2v) is 9.10. The lowest BCUT2D eigenvalue weighted by atomic mass is 10.0. The van der Waals surface area contributed by atoms with Gasteiger partial charge in [0, 0.05) is 47.6 Å². The number of H-pyrrole nitrogens is 2. The molecule has 3 N–H and O–H groups in total. The van der Waals surface area contributed by atoms with Crippen LogP contribution >= 0.6 is 0 Å². The van der Waals surface area contributed by atoms with E-state index in [1.54, 1.807) is 37.1 Å². The molecule has 11 heteroatoms. The lowest BCUT2D eigenvalue weighted by molar-refractivity contribution is -0.116. The summed E-state index contributed by atoms with van der Waals surface area (Å²) in [6.07, 6.45) is 10.6. The molecule has 0 saturated heterocycles. The average Bonchev–Trinajstić information content (AvgIpc) is 3.64. The summed E-state index contributed by atoms with van der Waals surface area (Å²) in [5, 5.41) is 10.8. The minimum atomic E-state index is -0.437. The van der Waals surface area contributed by atoms with Crippen LogP contribution in [0, 0.1) is 12.7 Å². The predicted molar refractivity (Wildman–Crippen MR) is 142 cm³/mol. The number of aryl methyl sites for hydroxylation is 1. The van der Waals surface area contributed by atoms with Crippen LogP contribution in [0.1, 0.15) is 31.9 Å². The zero-order chi connectivity index (χ0) is 26.2. The van der Waals surface area contributed by atoms with Gasteiger partial charge >= 0.3 is 0 Å². The van der Waals surface area contributed by atoms with Gasteiger partial charge in [0.1, 0.15) is 17.0 Å². The number of pyridine rings is 2. The number of anilines is 1. The predicted octanol–water partition coefficient (Wildman–Crippen LogP) is 5.33. The first-order chi connectivity index (χ1) is 18.5. The normalized spacial score (nSPS) is 11.4. The number of carbonyl (C=O) groups is 1. The SMILES string of the molecule is CCCCC(=O)Nc1cncc(-c2cc3c(-c4nc5nccc(-n6cnc(C)c6)c5[nH]4)n[nH]c3cc2F)c1. The molecule has 0 aliphatic heterocycles. The monoisotopic (exact) mass is 509 g/mol. The van der Waals surface area contributed by atoms with Gasteiger partial charge in [0.2, 0.25) is 5.91 Å². The largest absolute Gasteiger partial charge is 0.333 e. The number of nitrogens with zero attached hydrogens (tertiary/aromatic N) is 6. The summed E-state index contributed by atoms with van der Waals surface area (Å²) >= 11 is 0. The highest BCUT2D eigenvalue weighted by atomic mass is 19.1. The molecule has 0 aliphatic rings. The van der Waals surface area contributed by atoms with Crippen LogP contribution in [0.2, 0.25) is 0 Å². The van der Waals surface area contributed by atoms with E-state index >= 15 is 4.39 Å². The Morgan fingerprint density at radius 2 is 2.08 bits per heavy atom. The minimum absolute atomic E-state index is 0.0948. The van der Waals surface area contributed by atoms with Crippen LogP contribution in [0.5, 0.6) is 0 Å². The van der Waals surface area contributed by atoms with Crippen LogP contribution in [0.3, 0.4) is 0 Å². The van der Waals surface area contributed by atoms with Crippen LogP contribution < -0.4 is 5.32 Å². The fourth-order valence-corrected chi connectivity index (χ4v) is 4.43. The number of unbranched alkanes of at least 4 members (excludes halogenated alkanes) is 1. The molecule has 190 valence electrons. The van der Waals surface area contributed by atoms with Crippen LogP contribution in [0.4, 0.5) is 10.1 Å². The van der Waals surface area contributed by atoms with Gasteiger partial charge in [-0.3, -0.25) is 14.9 Å². The Bertz CT molecular complexity index is 1800. The number of imidazole rings is 2. The third kappa shape index (κ3) is 4.27. The molecule has 0 radical (unpaired) electrons. The highest BCUT2D eigenvalue weighted by molar-refractivity contribution is 5.97. The second kappa shape index (κ2) is 9.51. The van der Waals surface area contributed by atoms with Gasteiger partial charge in [-0.05, 0) is 31.5 Å². The molecular formula is C27H24FN9O. The van der Waals surface area contributed by atoms with Gasteiger partial charge in [0.25, 0.3) is 0 Å². The molecule has 5 aromatic heterocycles. The van der Waals surface area contributed by atoms with E-state index in [0.717, 1.165) is 29.7 Å². The number of halogens is 1. The van der Waals surface area contributed by atoms with Gasteiger partial charge in [-0.2, -0.15) is 5.10 Å². The van der Waals surface area contributed by atoms with Gasteiger partial charge < -0.3 is 14.9 Å². The number of hydrogen-bond acceptors (Lipinski definition) is 6. The van der Waals surface area contributed by atoms with Crippen molar-refractivity contribution in [3.05, 3.63) is 66.9 Å². The van der Waals surface area contributed by atoms with Crippen LogP contribution in [-0.4, -0.2) is 45.6 Å². The molecule has 0 saturated carbocycles. The Kier molecular flexibility index (Phi) is 5.87. The van der Waals surface area contributed by atoms with Crippen molar-refractivity contribution in [2.45, 2.75) is 33.1 Å². The first kappa shape index (κ1) is 23.5. The molecule has 6 aromatic rings. The minimum Gasteiger partial charge on any atom is -0.333 e. The Morgan fingerprint density at radius 3 is 2.89 bits per heavy atom. The molecular weight excluding hydrogens is 485 g/mol. The van der Waals surface area contributed by atoms with Gasteiger partial charge in [-0.1, -0.05) is 13.3 Å². The lowest BCUT2D eigenvalue weighted by Crippen LogP contribution is -2.11.